The van der Waals surface area contributed by atoms with Gasteiger partial charge in [0.15, 0.2) is 11.5 Å². The molecule has 1 saturated heterocycles. The van der Waals surface area contributed by atoms with Gasteiger partial charge in [0.05, 0.1) is 26.0 Å². The minimum Gasteiger partial charge on any atom is -0.493 e. The van der Waals surface area contributed by atoms with Gasteiger partial charge in [-0.05, 0) is 43.0 Å². The van der Waals surface area contributed by atoms with Gasteiger partial charge in [-0.1, -0.05) is 0 Å². The van der Waals surface area contributed by atoms with E-state index in [4.69, 9.17) is 13.9 Å². The highest BCUT2D eigenvalue weighted by molar-refractivity contribution is 5.95. The SMILES string of the molecule is COc1ccc(C(=O)NCC2CCN(C(=O)c3ccoc3)CC2)cc1OC. The fourth-order valence-electron chi connectivity index (χ4n) is 3.23. The van der Waals surface area contributed by atoms with E-state index in [-0.39, 0.29) is 11.8 Å². The summed E-state index contributed by atoms with van der Waals surface area (Å²) in [6.45, 7) is 1.95. The molecule has 0 saturated carbocycles. The summed E-state index contributed by atoms with van der Waals surface area (Å²) in [6.07, 6.45) is 4.69. The number of hydrogen-bond donors (Lipinski definition) is 1. The van der Waals surface area contributed by atoms with Crippen LogP contribution in [0, 0.1) is 5.92 Å². The van der Waals surface area contributed by atoms with E-state index in [9.17, 15) is 9.59 Å². The topological polar surface area (TPSA) is 81.0 Å². The van der Waals surface area contributed by atoms with Gasteiger partial charge >= 0.3 is 0 Å². The van der Waals surface area contributed by atoms with Crippen LogP contribution in [0.25, 0.3) is 0 Å². The lowest BCUT2D eigenvalue weighted by molar-refractivity contribution is 0.0683. The first kappa shape index (κ1) is 18.8. The Kier molecular flexibility index (Phi) is 6.01. The Hall–Kier alpha value is -2.96. The highest BCUT2D eigenvalue weighted by atomic mass is 16.5. The number of nitrogens with one attached hydrogen (secondary N) is 1. The molecule has 0 aliphatic carbocycles. The predicted octanol–water partition coefficient (Wildman–Crippen LogP) is 2.58. The van der Waals surface area contributed by atoms with Crippen LogP contribution in [-0.4, -0.2) is 50.6 Å². The van der Waals surface area contributed by atoms with Crippen LogP contribution in [0.15, 0.2) is 41.2 Å². The molecular weight excluding hydrogens is 348 g/mol. The summed E-state index contributed by atoms with van der Waals surface area (Å²) < 4.78 is 15.4. The van der Waals surface area contributed by atoms with Crippen molar-refractivity contribution in [2.75, 3.05) is 33.9 Å². The van der Waals surface area contributed by atoms with Crippen LogP contribution in [0.5, 0.6) is 11.5 Å². The summed E-state index contributed by atoms with van der Waals surface area (Å²) in [5.74, 6) is 1.31. The van der Waals surface area contributed by atoms with Crippen LogP contribution in [0.2, 0.25) is 0 Å². The zero-order valence-corrected chi connectivity index (χ0v) is 15.6. The summed E-state index contributed by atoms with van der Waals surface area (Å²) in [6, 6.07) is 6.77. The Labute approximate surface area is 158 Å². The molecule has 27 heavy (non-hydrogen) atoms. The first-order valence-electron chi connectivity index (χ1n) is 8.94. The van der Waals surface area contributed by atoms with Crippen LogP contribution in [-0.2, 0) is 0 Å². The number of rotatable bonds is 6. The fourth-order valence-corrected chi connectivity index (χ4v) is 3.23. The van der Waals surface area contributed by atoms with E-state index in [0.717, 1.165) is 12.8 Å². The Balaban J connectivity index is 1.48. The third-order valence-electron chi connectivity index (χ3n) is 4.87. The van der Waals surface area contributed by atoms with E-state index >= 15 is 0 Å². The van der Waals surface area contributed by atoms with Crippen molar-refractivity contribution < 1.29 is 23.5 Å². The number of amides is 2. The number of methoxy groups -OCH3 is 2. The zero-order valence-electron chi connectivity index (χ0n) is 15.6. The van der Waals surface area contributed by atoms with E-state index < -0.39 is 0 Å². The molecule has 144 valence electrons. The predicted molar refractivity (Wildman–Crippen MR) is 99.2 cm³/mol. The Morgan fingerprint density at radius 3 is 2.48 bits per heavy atom. The molecule has 0 atom stereocenters. The number of likely N-dealkylation sites (tertiary alicyclic amines) is 1. The van der Waals surface area contributed by atoms with Crippen molar-refractivity contribution in [2.24, 2.45) is 5.92 Å². The lowest BCUT2D eigenvalue weighted by Gasteiger charge is -2.31. The monoisotopic (exact) mass is 372 g/mol. The lowest BCUT2D eigenvalue weighted by atomic mass is 9.96. The second-order valence-electron chi connectivity index (χ2n) is 6.53. The number of furan rings is 1. The van der Waals surface area contributed by atoms with Crippen LogP contribution in [0.3, 0.4) is 0 Å². The average Bonchev–Trinajstić information content (AvgIpc) is 3.26. The van der Waals surface area contributed by atoms with Crippen molar-refractivity contribution in [3.63, 3.8) is 0 Å². The molecule has 0 bridgehead atoms. The second kappa shape index (κ2) is 8.62. The van der Waals surface area contributed by atoms with Crippen molar-refractivity contribution in [2.45, 2.75) is 12.8 Å². The first-order chi connectivity index (χ1) is 13.1. The van der Waals surface area contributed by atoms with Crippen molar-refractivity contribution in [1.29, 1.82) is 0 Å². The molecule has 0 radical (unpaired) electrons. The number of hydrogen-bond acceptors (Lipinski definition) is 5. The molecule has 2 heterocycles. The number of carbonyl (C=O) groups is 2. The minimum absolute atomic E-state index is 0.00318. The van der Waals surface area contributed by atoms with Gasteiger partial charge in [-0.3, -0.25) is 9.59 Å². The van der Waals surface area contributed by atoms with Gasteiger partial charge in [-0.25, -0.2) is 0 Å². The van der Waals surface area contributed by atoms with Gasteiger partial charge in [0.1, 0.15) is 6.26 Å². The standard InChI is InChI=1S/C20H24N2O5/c1-25-17-4-3-15(11-18(17)26-2)19(23)21-12-14-5-8-22(9-6-14)20(24)16-7-10-27-13-16/h3-4,7,10-11,13-14H,5-6,8-9,12H2,1-2H3,(H,21,23). The summed E-state index contributed by atoms with van der Waals surface area (Å²) in [5, 5.41) is 2.98. The van der Waals surface area contributed by atoms with Gasteiger partial charge in [-0.15, -0.1) is 0 Å². The molecule has 1 aromatic carbocycles. The van der Waals surface area contributed by atoms with Gasteiger partial charge in [-0.2, -0.15) is 0 Å². The molecule has 2 aromatic rings. The van der Waals surface area contributed by atoms with Gasteiger partial charge in [0.25, 0.3) is 11.8 Å². The normalized spacial score (nSPS) is 14.7. The van der Waals surface area contributed by atoms with E-state index in [1.54, 1.807) is 31.4 Å². The molecule has 2 amide bonds. The van der Waals surface area contributed by atoms with Crippen molar-refractivity contribution >= 4 is 11.8 Å². The number of nitrogens with zero attached hydrogens (tertiary/aromatic N) is 1. The quantitative estimate of drug-likeness (QED) is 0.843. The molecule has 1 aromatic heterocycles. The molecule has 0 spiro atoms. The van der Waals surface area contributed by atoms with Crippen LogP contribution in [0.4, 0.5) is 0 Å². The van der Waals surface area contributed by atoms with Crippen LogP contribution in [0.1, 0.15) is 33.6 Å². The molecular formula is C20H24N2O5. The maximum atomic E-state index is 12.4. The van der Waals surface area contributed by atoms with Gasteiger partial charge < -0.3 is 24.1 Å². The highest BCUT2D eigenvalue weighted by Gasteiger charge is 2.24. The van der Waals surface area contributed by atoms with Crippen molar-refractivity contribution in [1.82, 2.24) is 10.2 Å². The molecule has 1 fully saturated rings. The third-order valence-corrected chi connectivity index (χ3v) is 4.87. The van der Waals surface area contributed by atoms with E-state index in [2.05, 4.69) is 5.32 Å². The first-order valence-corrected chi connectivity index (χ1v) is 8.94. The highest BCUT2D eigenvalue weighted by Crippen LogP contribution is 2.27. The number of benzene rings is 1. The van der Waals surface area contributed by atoms with Crippen molar-refractivity contribution in [3.05, 3.63) is 47.9 Å². The fraction of sp³-hybridized carbons (Fsp3) is 0.400. The molecule has 1 aliphatic rings. The number of carbonyl (C=O) groups excluding carboxylic acids is 2. The van der Waals surface area contributed by atoms with E-state index in [0.29, 0.717) is 48.2 Å². The van der Waals surface area contributed by atoms with Crippen LogP contribution >= 0.6 is 0 Å². The van der Waals surface area contributed by atoms with Gasteiger partial charge in [0, 0.05) is 25.2 Å². The Morgan fingerprint density at radius 2 is 1.85 bits per heavy atom. The molecule has 7 nitrogen and oxygen atoms in total. The third kappa shape index (κ3) is 4.42. The molecule has 0 unspecified atom stereocenters. The molecule has 7 heteroatoms. The Bertz CT molecular complexity index is 780. The number of piperidine rings is 1. The zero-order chi connectivity index (χ0) is 19.2. The molecule has 1 N–H and O–H groups in total. The summed E-state index contributed by atoms with van der Waals surface area (Å²) in [4.78, 5) is 26.5. The summed E-state index contributed by atoms with van der Waals surface area (Å²) in [5.41, 5.74) is 1.11. The maximum absolute atomic E-state index is 12.4. The molecule has 1 aliphatic heterocycles. The largest absolute Gasteiger partial charge is 0.493 e. The Morgan fingerprint density at radius 1 is 1.11 bits per heavy atom. The van der Waals surface area contributed by atoms with Gasteiger partial charge in [0.2, 0.25) is 0 Å². The molecule has 3 rings (SSSR count). The van der Waals surface area contributed by atoms with Crippen LogP contribution < -0.4 is 14.8 Å². The smallest absolute Gasteiger partial charge is 0.257 e. The van der Waals surface area contributed by atoms with Crippen molar-refractivity contribution in [3.8, 4) is 11.5 Å². The van der Waals surface area contributed by atoms with E-state index in [1.807, 2.05) is 4.90 Å². The lowest BCUT2D eigenvalue weighted by Crippen LogP contribution is -2.41. The minimum atomic E-state index is -0.146. The summed E-state index contributed by atoms with van der Waals surface area (Å²) >= 11 is 0. The number of ether oxygens (including phenoxy) is 2. The summed E-state index contributed by atoms with van der Waals surface area (Å²) in [7, 11) is 3.10. The average molecular weight is 372 g/mol. The second-order valence-corrected chi connectivity index (χ2v) is 6.53. The maximum Gasteiger partial charge on any atom is 0.257 e. The van der Waals surface area contributed by atoms with E-state index in [1.165, 1.54) is 19.6 Å².